The Kier molecular flexibility index (Phi) is 7.15. The van der Waals surface area contributed by atoms with Gasteiger partial charge in [0.15, 0.2) is 0 Å². The van der Waals surface area contributed by atoms with Crippen molar-refractivity contribution in [1.29, 1.82) is 5.26 Å². The highest BCUT2D eigenvalue weighted by molar-refractivity contribution is 6.35. The Balaban J connectivity index is 1.60. The second-order valence-electron chi connectivity index (χ2n) is 8.67. The largest absolute Gasteiger partial charge is 0.376 e. The van der Waals surface area contributed by atoms with E-state index in [0.717, 1.165) is 5.56 Å². The molecule has 5 rings (SSSR count). The number of hydrogen-bond acceptors (Lipinski definition) is 6. The molecule has 0 saturated carbocycles. The Morgan fingerprint density at radius 1 is 1.08 bits per heavy atom. The fourth-order valence-corrected chi connectivity index (χ4v) is 4.68. The molecule has 0 radical (unpaired) electrons. The van der Waals surface area contributed by atoms with Gasteiger partial charge >= 0.3 is 0 Å². The van der Waals surface area contributed by atoms with Gasteiger partial charge in [0, 0.05) is 29.0 Å². The van der Waals surface area contributed by atoms with Gasteiger partial charge in [-0.25, -0.2) is 8.78 Å². The van der Waals surface area contributed by atoms with Gasteiger partial charge in [-0.2, -0.15) is 5.26 Å². The fourth-order valence-electron chi connectivity index (χ4n) is 4.42. The third-order valence-corrected chi connectivity index (χ3v) is 6.59. The van der Waals surface area contributed by atoms with Crippen LogP contribution in [0.5, 0.6) is 0 Å². The molecule has 0 aliphatic carbocycles. The van der Waals surface area contributed by atoms with Crippen LogP contribution < -0.4 is 10.6 Å². The van der Waals surface area contributed by atoms with Crippen LogP contribution >= 0.6 is 11.6 Å². The Morgan fingerprint density at radius 3 is 2.55 bits per heavy atom. The van der Waals surface area contributed by atoms with Gasteiger partial charge in [-0.1, -0.05) is 54.1 Å². The van der Waals surface area contributed by atoms with Crippen molar-refractivity contribution in [2.24, 2.45) is 0 Å². The van der Waals surface area contributed by atoms with Crippen LogP contribution in [-0.2, 0) is 0 Å². The summed E-state index contributed by atoms with van der Waals surface area (Å²) in [5.74, 6) is -0.689. The predicted molar refractivity (Wildman–Crippen MR) is 143 cm³/mol. The Morgan fingerprint density at radius 2 is 1.87 bits per heavy atom. The molecule has 3 aromatic carbocycles. The maximum absolute atomic E-state index is 14.6. The highest BCUT2D eigenvalue weighted by Crippen LogP contribution is 2.37. The van der Waals surface area contributed by atoms with Gasteiger partial charge in [0.1, 0.15) is 23.4 Å². The minimum Gasteiger partial charge on any atom is -0.376 e. The van der Waals surface area contributed by atoms with Crippen LogP contribution in [0, 0.1) is 23.0 Å². The molecule has 5 aromatic rings. The molecular formula is C28H22ClF2N7. The first kappa shape index (κ1) is 25.1. The average Bonchev–Trinajstić information content (AvgIpc) is 3.46. The highest BCUT2D eigenvalue weighted by Gasteiger charge is 2.21. The first-order valence-corrected chi connectivity index (χ1v) is 12.3. The molecule has 0 amide bonds. The summed E-state index contributed by atoms with van der Waals surface area (Å²) in [4.78, 5) is 4.41. The van der Waals surface area contributed by atoms with Crippen molar-refractivity contribution < 1.29 is 8.78 Å². The second kappa shape index (κ2) is 10.8. The van der Waals surface area contributed by atoms with E-state index < -0.39 is 12.1 Å². The number of pyridine rings is 1. The SMILES string of the molecule is CCC(Nc1c(C#N)cnc2c(Cl)cc(NC(c3ccc(F)cc3)c3c[nH]nn3)cc12)c1ccccc1F. The van der Waals surface area contributed by atoms with Gasteiger partial charge in [0.05, 0.1) is 33.9 Å². The van der Waals surface area contributed by atoms with E-state index in [4.69, 9.17) is 11.6 Å². The molecule has 0 fully saturated rings. The van der Waals surface area contributed by atoms with Gasteiger partial charge in [-0.3, -0.25) is 10.1 Å². The van der Waals surface area contributed by atoms with E-state index >= 15 is 0 Å². The lowest BCUT2D eigenvalue weighted by atomic mass is 10.0. The predicted octanol–water partition coefficient (Wildman–Crippen LogP) is 6.92. The average molecular weight is 530 g/mol. The van der Waals surface area contributed by atoms with Gasteiger partial charge in [0.25, 0.3) is 0 Å². The second-order valence-corrected chi connectivity index (χ2v) is 9.07. The molecule has 190 valence electrons. The van der Waals surface area contributed by atoms with E-state index in [2.05, 4.69) is 37.1 Å². The van der Waals surface area contributed by atoms with Gasteiger partial charge < -0.3 is 10.6 Å². The van der Waals surface area contributed by atoms with Crippen molar-refractivity contribution in [2.45, 2.75) is 25.4 Å². The first-order valence-electron chi connectivity index (χ1n) is 11.9. The Hall–Kier alpha value is -4.55. The number of hydrogen-bond donors (Lipinski definition) is 3. The number of H-pyrrole nitrogens is 1. The van der Waals surface area contributed by atoms with Crippen LogP contribution in [0.4, 0.5) is 20.2 Å². The quantitative estimate of drug-likeness (QED) is 0.201. The van der Waals surface area contributed by atoms with Crippen molar-refractivity contribution in [3.63, 3.8) is 0 Å². The maximum Gasteiger partial charge on any atom is 0.128 e. The van der Waals surface area contributed by atoms with Crippen LogP contribution in [0.15, 0.2) is 73.1 Å². The smallest absolute Gasteiger partial charge is 0.128 e. The third kappa shape index (κ3) is 4.99. The topological polar surface area (TPSA) is 102 Å². The summed E-state index contributed by atoms with van der Waals surface area (Å²) >= 11 is 6.66. The number of fused-ring (bicyclic) bond motifs is 1. The zero-order valence-corrected chi connectivity index (χ0v) is 21.0. The number of rotatable bonds is 8. The number of benzene rings is 3. The van der Waals surface area contributed by atoms with E-state index in [1.165, 1.54) is 24.4 Å². The van der Waals surface area contributed by atoms with Crippen LogP contribution in [0.2, 0.25) is 5.02 Å². The van der Waals surface area contributed by atoms with Crippen LogP contribution in [-0.4, -0.2) is 20.4 Å². The van der Waals surface area contributed by atoms with Crippen molar-refractivity contribution in [3.05, 3.63) is 112 Å². The fraction of sp³-hybridized carbons (Fsp3) is 0.143. The lowest BCUT2D eigenvalue weighted by Crippen LogP contribution is -2.14. The van der Waals surface area contributed by atoms with E-state index in [9.17, 15) is 14.0 Å². The van der Waals surface area contributed by atoms with E-state index in [1.54, 1.807) is 42.6 Å². The number of anilines is 2. The van der Waals surface area contributed by atoms with E-state index in [1.807, 2.05) is 13.0 Å². The van der Waals surface area contributed by atoms with E-state index in [-0.39, 0.29) is 11.6 Å². The zero-order chi connectivity index (χ0) is 26.6. The molecule has 10 heteroatoms. The number of halogens is 3. The lowest BCUT2D eigenvalue weighted by Gasteiger charge is -2.23. The molecule has 0 bridgehead atoms. The van der Waals surface area contributed by atoms with Gasteiger partial charge in [-0.05, 0) is 42.3 Å². The standard InChI is InChI=1S/C28H22ClF2N7/c1-2-24(20-5-3-4-6-23(20)31)36-26-17(13-32)14-33-28-21(26)11-19(12-22(28)29)35-27(25-15-34-38-37-25)16-7-9-18(30)10-8-16/h3-12,14-15,24,27,35H,2H2,1H3,(H,33,36)(H,34,37,38). The minimum absolute atomic E-state index is 0.298. The number of nitrogens with one attached hydrogen (secondary N) is 3. The molecule has 0 aliphatic rings. The number of aromatic nitrogens is 4. The van der Waals surface area contributed by atoms with Crippen molar-refractivity contribution in [1.82, 2.24) is 20.4 Å². The Labute approximate surface area is 222 Å². The summed E-state index contributed by atoms with van der Waals surface area (Å²) in [6.07, 6.45) is 3.67. The summed E-state index contributed by atoms with van der Waals surface area (Å²) in [6.45, 7) is 1.94. The highest BCUT2D eigenvalue weighted by atomic mass is 35.5. The number of nitriles is 1. The van der Waals surface area contributed by atoms with E-state index in [0.29, 0.717) is 50.5 Å². The van der Waals surface area contributed by atoms with Crippen molar-refractivity contribution in [2.75, 3.05) is 10.6 Å². The summed E-state index contributed by atoms with van der Waals surface area (Å²) in [6, 6.07) is 17.4. The molecule has 0 spiro atoms. The molecule has 0 aliphatic heterocycles. The molecule has 0 saturated heterocycles. The van der Waals surface area contributed by atoms with Crippen LogP contribution in [0.25, 0.3) is 10.9 Å². The molecular weight excluding hydrogens is 508 g/mol. The maximum atomic E-state index is 14.6. The van der Waals surface area contributed by atoms with Crippen molar-refractivity contribution in [3.8, 4) is 6.07 Å². The summed E-state index contributed by atoms with van der Waals surface area (Å²) in [7, 11) is 0. The molecule has 7 nitrogen and oxygen atoms in total. The number of aromatic amines is 1. The first-order chi connectivity index (χ1) is 18.5. The molecule has 2 aromatic heterocycles. The third-order valence-electron chi connectivity index (χ3n) is 6.30. The summed E-state index contributed by atoms with van der Waals surface area (Å²) in [5.41, 5.74) is 3.72. The van der Waals surface area contributed by atoms with Crippen LogP contribution in [0.3, 0.4) is 0 Å². The summed E-state index contributed by atoms with van der Waals surface area (Å²) in [5, 5.41) is 28.2. The zero-order valence-electron chi connectivity index (χ0n) is 20.2. The molecule has 2 atom stereocenters. The van der Waals surface area contributed by atoms with Gasteiger partial charge in [-0.15, -0.1) is 5.10 Å². The lowest BCUT2D eigenvalue weighted by molar-refractivity contribution is 0.587. The Bertz CT molecular complexity index is 1620. The molecule has 38 heavy (non-hydrogen) atoms. The molecule has 3 N–H and O–H groups in total. The van der Waals surface area contributed by atoms with Crippen molar-refractivity contribution >= 4 is 33.9 Å². The normalized spacial score (nSPS) is 12.6. The molecule has 2 heterocycles. The molecule has 2 unspecified atom stereocenters. The van der Waals surface area contributed by atoms with Crippen LogP contribution in [0.1, 0.15) is 47.8 Å². The monoisotopic (exact) mass is 529 g/mol. The summed E-state index contributed by atoms with van der Waals surface area (Å²) < 4.78 is 28.2. The number of nitrogens with zero attached hydrogens (tertiary/aromatic N) is 4. The minimum atomic E-state index is -0.479. The van der Waals surface area contributed by atoms with Gasteiger partial charge in [0.2, 0.25) is 0 Å².